The number of hydrogen-bond donors (Lipinski definition) is 2. The van der Waals surface area contributed by atoms with Crippen LogP contribution in [0.25, 0.3) is 0 Å². The molecule has 1 atom stereocenters. The maximum atomic E-state index is 12.5. The van der Waals surface area contributed by atoms with Crippen LogP contribution in [0.15, 0.2) is 29.2 Å². The molecule has 0 bridgehead atoms. The van der Waals surface area contributed by atoms with Gasteiger partial charge in [0.25, 0.3) is 0 Å². The highest BCUT2D eigenvalue weighted by molar-refractivity contribution is 7.89. The number of benzene rings is 1. The number of amides is 1. The van der Waals surface area contributed by atoms with Gasteiger partial charge in [0, 0.05) is 13.1 Å². The van der Waals surface area contributed by atoms with Crippen LogP contribution in [0.4, 0.5) is 0 Å². The fourth-order valence-electron chi connectivity index (χ4n) is 2.96. The molecule has 1 fully saturated rings. The molecule has 1 unspecified atom stereocenters. The van der Waals surface area contributed by atoms with E-state index in [4.69, 9.17) is 0 Å². The molecule has 146 valence electrons. The average Bonchev–Trinajstić information content (AvgIpc) is 3.11. The molecule has 1 aromatic rings. The molecule has 2 N–H and O–H groups in total. The summed E-state index contributed by atoms with van der Waals surface area (Å²) in [5.74, 6) is -0.329. The first-order chi connectivity index (χ1) is 12.2. The number of carbonyl (C=O) groups excluding carboxylic acids is 1. The Labute approximate surface area is 155 Å². The number of hydrogen-bond acceptors (Lipinski definition) is 5. The maximum absolute atomic E-state index is 12.5. The van der Waals surface area contributed by atoms with Crippen LogP contribution < -0.4 is 10.0 Å². The minimum Gasteiger partial charge on any atom is -0.351 e. The Morgan fingerprint density at radius 1 is 1.27 bits per heavy atom. The lowest BCUT2D eigenvalue weighted by atomic mass is 10.2. The quantitative estimate of drug-likeness (QED) is 0.653. The normalized spacial score (nSPS) is 18.8. The molecule has 26 heavy (non-hydrogen) atoms. The zero-order valence-electron chi connectivity index (χ0n) is 14.9. The van der Waals surface area contributed by atoms with Gasteiger partial charge in [-0.1, -0.05) is 19.1 Å². The first kappa shape index (κ1) is 20.8. The van der Waals surface area contributed by atoms with Crippen LogP contribution >= 0.6 is 0 Å². The van der Waals surface area contributed by atoms with Crippen molar-refractivity contribution in [3.8, 4) is 0 Å². The van der Waals surface area contributed by atoms with E-state index in [0.29, 0.717) is 31.4 Å². The Morgan fingerprint density at radius 3 is 2.65 bits per heavy atom. The van der Waals surface area contributed by atoms with Gasteiger partial charge < -0.3 is 5.32 Å². The van der Waals surface area contributed by atoms with Gasteiger partial charge in [-0.05, 0) is 44.0 Å². The zero-order valence-corrected chi connectivity index (χ0v) is 16.6. The third-order valence-electron chi connectivity index (χ3n) is 4.27. The van der Waals surface area contributed by atoms with E-state index in [2.05, 4.69) is 10.0 Å². The van der Waals surface area contributed by atoms with E-state index in [0.717, 1.165) is 0 Å². The van der Waals surface area contributed by atoms with Crippen molar-refractivity contribution in [3.05, 3.63) is 29.8 Å². The summed E-state index contributed by atoms with van der Waals surface area (Å²) in [4.78, 5) is 12.6. The van der Waals surface area contributed by atoms with E-state index in [-0.39, 0.29) is 23.1 Å². The first-order valence-corrected chi connectivity index (χ1v) is 11.6. The largest absolute Gasteiger partial charge is 0.351 e. The lowest BCUT2D eigenvalue weighted by molar-refractivity contribution is -0.124. The smallest absolute Gasteiger partial charge is 0.240 e. The Bertz CT molecular complexity index is 852. The van der Waals surface area contributed by atoms with Crippen molar-refractivity contribution < 1.29 is 21.6 Å². The lowest BCUT2D eigenvalue weighted by Crippen LogP contribution is -2.46. The highest BCUT2D eigenvalue weighted by Crippen LogP contribution is 2.22. The van der Waals surface area contributed by atoms with E-state index in [1.54, 1.807) is 19.1 Å². The second-order valence-corrected chi connectivity index (χ2v) is 10.1. The molecule has 1 aliphatic rings. The Morgan fingerprint density at radius 2 is 2.00 bits per heavy atom. The van der Waals surface area contributed by atoms with Crippen molar-refractivity contribution in [2.24, 2.45) is 0 Å². The fraction of sp³-hybridized carbons (Fsp3) is 0.562. The molecule has 2 rings (SSSR count). The van der Waals surface area contributed by atoms with E-state index in [1.807, 2.05) is 0 Å². The Kier molecular flexibility index (Phi) is 6.78. The van der Waals surface area contributed by atoms with Gasteiger partial charge in [0.2, 0.25) is 26.0 Å². The molecular formula is C16H25N3O5S2. The summed E-state index contributed by atoms with van der Waals surface area (Å²) in [6, 6.07) is 5.55. The SMILES string of the molecule is CCCS(=O)(=O)N1CCCC1C(=O)NCc1cccc(S(=O)(=O)NC)c1. The van der Waals surface area contributed by atoms with Gasteiger partial charge >= 0.3 is 0 Å². The third-order valence-corrected chi connectivity index (χ3v) is 7.76. The van der Waals surface area contributed by atoms with Gasteiger partial charge in [-0.25, -0.2) is 21.6 Å². The highest BCUT2D eigenvalue weighted by atomic mass is 32.2. The second-order valence-electron chi connectivity index (χ2n) is 6.16. The van der Waals surface area contributed by atoms with Crippen LogP contribution in [0.2, 0.25) is 0 Å². The predicted octanol–water partition coefficient (Wildman–Crippen LogP) is 0.415. The fourth-order valence-corrected chi connectivity index (χ4v) is 5.50. The number of nitrogens with one attached hydrogen (secondary N) is 2. The van der Waals surface area contributed by atoms with E-state index in [1.165, 1.54) is 23.5 Å². The number of nitrogens with zero attached hydrogens (tertiary/aromatic N) is 1. The maximum Gasteiger partial charge on any atom is 0.240 e. The topological polar surface area (TPSA) is 113 Å². The van der Waals surface area contributed by atoms with Crippen LogP contribution in [0.1, 0.15) is 31.7 Å². The molecule has 1 amide bonds. The summed E-state index contributed by atoms with van der Waals surface area (Å²) in [5.41, 5.74) is 0.621. The Hall–Kier alpha value is -1.49. The summed E-state index contributed by atoms with van der Waals surface area (Å²) >= 11 is 0. The van der Waals surface area contributed by atoms with Crippen LogP contribution in [-0.2, 0) is 31.4 Å². The summed E-state index contributed by atoms with van der Waals surface area (Å²) in [5, 5.41) is 2.72. The molecule has 10 heteroatoms. The molecule has 0 spiro atoms. The van der Waals surface area contributed by atoms with Gasteiger partial charge in [-0.3, -0.25) is 4.79 Å². The minimum atomic E-state index is -3.56. The highest BCUT2D eigenvalue weighted by Gasteiger charge is 2.37. The van der Waals surface area contributed by atoms with Crippen molar-refractivity contribution in [1.29, 1.82) is 0 Å². The monoisotopic (exact) mass is 403 g/mol. The van der Waals surface area contributed by atoms with Crippen LogP contribution in [0, 0.1) is 0 Å². The standard InChI is InChI=1S/C16H25N3O5S2/c1-3-10-25(21,22)19-9-5-8-15(19)16(20)18-12-13-6-4-7-14(11-13)26(23,24)17-2/h4,6-7,11,15,17H,3,5,8-10,12H2,1-2H3,(H,18,20). The first-order valence-electron chi connectivity index (χ1n) is 8.51. The van der Waals surface area contributed by atoms with E-state index >= 15 is 0 Å². The summed E-state index contributed by atoms with van der Waals surface area (Å²) in [6.45, 7) is 2.27. The van der Waals surface area contributed by atoms with Crippen molar-refractivity contribution in [3.63, 3.8) is 0 Å². The molecule has 1 saturated heterocycles. The minimum absolute atomic E-state index is 0.0285. The van der Waals surface area contributed by atoms with Crippen LogP contribution in [0.3, 0.4) is 0 Å². The molecular weight excluding hydrogens is 378 g/mol. The predicted molar refractivity (Wildman–Crippen MR) is 98.3 cm³/mol. The van der Waals surface area contributed by atoms with Crippen LogP contribution in [-0.4, -0.2) is 52.4 Å². The van der Waals surface area contributed by atoms with Gasteiger partial charge in [0.1, 0.15) is 6.04 Å². The molecule has 0 saturated carbocycles. The molecule has 8 nitrogen and oxygen atoms in total. The zero-order chi connectivity index (χ0) is 19.4. The van der Waals surface area contributed by atoms with Crippen molar-refractivity contribution in [1.82, 2.24) is 14.3 Å². The summed E-state index contributed by atoms with van der Waals surface area (Å²) < 4.78 is 51.8. The average molecular weight is 404 g/mol. The van der Waals surface area contributed by atoms with Crippen molar-refractivity contribution >= 4 is 26.0 Å². The molecule has 1 aromatic carbocycles. The van der Waals surface area contributed by atoms with Crippen molar-refractivity contribution in [2.45, 2.75) is 43.7 Å². The lowest BCUT2D eigenvalue weighted by Gasteiger charge is -2.23. The van der Waals surface area contributed by atoms with Crippen LogP contribution in [0.5, 0.6) is 0 Å². The number of rotatable bonds is 8. The second kappa shape index (κ2) is 8.47. The van der Waals surface area contributed by atoms with E-state index < -0.39 is 26.1 Å². The molecule has 0 aromatic heterocycles. The third kappa shape index (κ3) is 4.81. The van der Waals surface area contributed by atoms with Gasteiger partial charge in [0.05, 0.1) is 10.6 Å². The number of sulfonamides is 2. The summed E-state index contributed by atoms with van der Waals surface area (Å²) in [6.07, 6.45) is 1.64. The molecule has 0 aliphatic carbocycles. The van der Waals surface area contributed by atoms with Gasteiger partial charge in [-0.15, -0.1) is 0 Å². The van der Waals surface area contributed by atoms with Gasteiger partial charge in [-0.2, -0.15) is 4.31 Å². The van der Waals surface area contributed by atoms with Gasteiger partial charge in [0.15, 0.2) is 0 Å². The number of carbonyl (C=O) groups is 1. The van der Waals surface area contributed by atoms with E-state index in [9.17, 15) is 21.6 Å². The molecule has 1 aliphatic heterocycles. The Balaban J connectivity index is 2.06. The molecule has 0 radical (unpaired) electrons. The summed E-state index contributed by atoms with van der Waals surface area (Å²) in [7, 11) is -5.66. The molecule has 1 heterocycles. The van der Waals surface area contributed by atoms with Crippen molar-refractivity contribution in [2.75, 3.05) is 19.3 Å².